The Bertz CT molecular complexity index is 795. The fraction of sp³-hybridized carbons (Fsp3) is 0.650. The largest absolute Gasteiger partial charge is 0.365 e. The van der Waals surface area contributed by atoms with Crippen molar-refractivity contribution in [1.29, 1.82) is 0 Å². The van der Waals surface area contributed by atoms with Gasteiger partial charge in [-0.3, -0.25) is 4.79 Å². The lowest BCUT2D eigenvalue weighted by molar-refractivity contribution is -0.133. The van der Waals surface area contributed by atoms with Crippen molar-refractivity contribution in [3.63, 3.8) is 0 Å². The minimum atomic E-state index is 0.166. The molecule has 4 rings (SSSR count). The molecule has 1 amide bonds. The maximum Gasteiger partial charge on any atom is 0.219 e. The number of aromatic amines is 1. The predicted molar refractivity (Wildman–Crippen MR) is 103 cm³/mol. The average Bonchev–Trinajstić information content (AvgIpc) is 3.33. The summed E-state index contributed by atoms with van der Waals surface area (Å²) in [4.78, 5) is 26.4. The Hall–Kier alpha value is -2.11. The fourth-order valence-electron chi connectivity index (χ4n) is 4.29. The van der Waals surface area contributed by atoms with Crippen molar-refractivity contribution in [2.24, 2.45) is 11.8 Å². The number of H-pyrrole nitrogens is 1. The monoisotopic (exact) mass is 355 g/mol. The number of likely N-dealkylation sites (tertiary alicyclic amines) is 1. The normalized spacial score (nSPS) is 23.6. The second kappa shape index (κ2) is 6.89. The van der Waals surface area contributed by atoms with E-state index in [-0.39, 0.29) is 11.9 Å². The molecule has 1 saturated carbocycles. The van der Waals surface area contributed by atoms with Gasteiger partial charge in [-0.15, -0.1) is 0 Å². The lowest BCUT2D eigenvalue weighted by Crippen LogP contribution is -2.52. The Labute approximate surface area is 154 Å². The molecule has 26 heavy (non-hydrogen) atoms. The van der Waals surface area contributed by atoms with Gasteiger partial charge in [0.1, 0.15) is 17.8 Å². The van der Waals surface area contributed by atoms with Crippen molar-refractivity contribution in [3.8, 4) is 0 Å². The molecule has 2 atom stereocenters. The highest BCUT2D eigenvalue weighted by Gasteiger charge is 2.32. The Morgan fingerprint density at radius 1 is 1.31 bits per heavy atom. The number of nitrogens with zero attached hydrogens (tertiary/aromatic N) is 3. The number of hydrogen-bond acceptors (Lipinski definition) is 4. The summed E-state index contributed by atoms with van der Waals surface area (Å²) in [7, 11) is 0. The van der Waals surface area contributed by atoms with Gasteiger partial charge >= 0.3 is 0 Å². The molecular weight excluding hydrogens is 326 g/mol. The van der Waals surface area contributed by atoms with Crippen LogP contribution in [0.15, 0.2) is 12.5 Å². The lowest BCUT2D eigenvalue weighted by Gasteiger charge is -2.41. The van der Waals surface area contributed by atoms with Crippen molar-refractivity contribution in [2.75, 3.05) is 11.9 Å². The maximum atomic E-state index is 12.1. The highest BCUT2D eigenvalue weighted by atomic mass is 16.2. The number of carbonyl (C=O) groups is 1. The van der Waals surface area contributed by atoms with Crippen LogP contribution in [0.25, 0.3) is 11.0 Å². The van der Waals surface area contributed by atoms with Crippen LogP contribution in [0.2, 0.25) is 0 Å². The van der Waals surface area contributed by atoms with Gasteiger partial charge in [-0.25, -0.2) is 9.97 Å². The second-order valence-corrected chi connectivity index (χ2v) is 8.31. The molecule has 6 heteroatoms. The smallest absolute Gasteiger partial charge is 0.219 e. The molecule has 2 aromatic rings. The molecule has 6 nitrogen and oxygen atoms in total. The van der Waals surface area contributed by atoms with Gasteiger partial charge in [0.15, 0.2) is 0 Å². The van der Waals surface area contributed by atoms with E-state index in [1.807, 2.05) is 4.90 Å². The van der Waals surface area contributed by atoms with Crippen molar-refractivity contribution in [3.05, 3.63) is 18.1 Å². The quantitative estimate of drug-likeness (QED) is 0.862. The molecule has 2 unspecified atom stereocenters. The summed E-state index contributed by atoms with van der Waals surface area (Å²) >= 11 is 0. The third-order valence-electron chi connectivity index (χ3n) is 5.90. The molecule has 3 heterocycles. The van der Waals surface area contributed by atoms with Crippen molar-refractivity contribution < 1.29 is 4.79 Å². The molecule has 0 spiro atoms. The summed E-state index contributed by atoms with van der Waals surface area (Å²) in [5.41, 5.74) is 2.21. The third kappa shape index (κ3) is 3.41. The Morgan fingerprint density at radius 2 is 2.12 bits per heavy atom. The molecule has 0 aromatic carbocycles. The number of fused-ring (bicyclic) bond motifs is 1. The van der Waals surface area contributed by atoms with Crippen molar-refractivity contribution in [1.82, 2.24) is 19.9 Å². The Morgan fingerprint density at radius 3 is 2.81 bits per heavy atom. The van der Waals surface area contributed by atoms with Gasteiger partial charge < -0.3 is 15.2 Å². The van der Waals surface area contributed by atoms with E-state index in [9.17, 15) is 4.79 Å². The van der Waals surface area contributed by atoms with Crippen LogP contribution in [-0.2, 0) is 11.2 Å². The number of anilines is 1. The van der Waals surface area contributed by atoms with E-state index in [0.29, 0.717) is 12.0 Å². The fourth-order valence-corrected chi connectivity index (χ4v) is 4.29. The number of hydrogen-bond donors (Lipinski definition) is 2. The number of carbonyl (C=O) groups excluding carboxylic acids is 1. The highest BCUT2D eigenvalue weighted by molar-refractivity contribution is 5.90. The van der Waals surface area contributed by atoms with Crippen LogP contribution in [0, 0.1) is 11.8 Å². The first-order valence-corrected chi connectivity index (χ1v) is 9.87. The molecule has 1 aliphatic heterocycles. The molecule has 2 aliphatic rings. The first-order chi connectivity index (χ1) is 12.5. The van der Waals surface area contributed by atoms with E-state index >= 15 is 0 Å². The van der Waals surface area contributed by atoms with Gasteiger partial charge in [0.25, 0.3) is 0 Å². The number of amides is 1. The lowest BCUT2D eigenvalue weighted by atomic mass is 9.90. The van der Waals surface area contributed by atoms with Crippen LogP contribution in [0.5, 0.6) is 0 Å². The molecule has 1 aliphatic carbocycles. The summed E-state index contributed by atoms with van der Waals surface area (Å²) in [6.07, 6.45) is 9.55. The summed E-state index contributed by atoms with van der Waals surface area (Å²) in [5.74, 6) is 2.37. The van der Waals surface area contributed by atoms with Crippen molar-refractivity contribution >= 4 is 22.8 Å². The number of nitrogens with one attached hydrogen (secondary N) is 2. The molecule has 0 radical (unpaired) electrons. The van der Waals surface area contributed by atoms with Gasteiger partial charge in [0, 0.05) is 31.7 Å². The highest BCUT2D eigenvalue weighted by Crippen LogP contribution is 2.36. The predicted octanol–water partition coefficient (Wildman–Crippen LogP) is 3.36. The SMILES string of the molecule is CC(=O)N1CC(Nc2ncnc3[nH]cc(CC4CC4)c23)CCC1C(C)C. The first-order valence-electron chi connectivity index (χ1n) is 9.87. The molecule has 2 N–H and O–H groups in total. The van der Waals surface area contributed by atoms with Gasteiger partial charge in [0.05, 0.1) is 5.39 Å². The van der Waals surface area contributed by atoms with E-state index in [2.05, 4.69) is 40.3 Å². The van der Waals surface area contributed by atoms with Crippen LogP contribution in [0.3, 0.4) is 0 Å². The zero-order valence-electron chi connectivity index (χ0n) is 16.0. The molecule has 2 aromatic heterocycles. The zero-order chi connectivity index (χ0) is 18.3. The number of rotatable bonds is 5. The van der Waals surface area contributed by atoms with E-state index in [0.717, 1.165) is 48.6 Å². The van der Waals surface area contributed by atoms with Gasteiger partial charge in [-0.05, 0) is 49.5 Å². The summed E-state index contributed by atoms with van der Waals surface area (Å²) in [6, 6.07) is 0.573. The van der Waals surface area contributed by atoms with Crippen molar-refractivity contribution in [2.45, 2.75) is 65.0 Å². The van der Waals surface area contributed by atoms with Gasteiger partial charge in [0.2, 0.25) is 5.91 Å². The number of piperidine rings is 1. The average molecular weight is 355 g/mol. The van der Waals surface area contributed by atoms with Crippen LogP contribution in [0.4, 0.5) is 5.82 Å². The third-order valence-corrected chi connectivity index (χ3v) is 5.90. The Balaban J connectivity index is 1.55. The van der Waals surface area contributed by atoms with E-state index < -0.39 is 0 Å². The van der Waals surface area contributed by atoms with Gasteiger partial charge in [-0.2, -0.15) is 0 Å². The first kappa shape index (κ1) is 17.3. The van der Waals surface area contributed by atoms with Crippen LogP contribution in [0.1, 0.15) is 52.0 Å². The topological polar surface area (TPSA) is 73.9 Å². The van der Waals surface area contributed by atoms with Gasteiger partial charge in [-0.1, -0.05) is 13.8 Å². The van der Waals surface area contributed by atoms with E-state index in [1.165, 1.54) is 18.4 Å². The van der Waals surface area contributed by atoms with E-state index in [4.69, 9.17) is 0 Å². The second-order valence-electron chi connectivity index (χ2n) is 8.31. The molecule has 2 fully saturated rings. The molecule has 140 valence electrons. The summed E-state index contributed by atoms with van der Waals surface area (Å²) < 4.78 is 0. The van der Waals surface area contributed by atoms with E-state index in [1.54, 1.807) is 13.3 Å². The molecular formula is C20H29N5O. The minimum Gasteiger partial charge on any atom is -0.365 e. The summed E-state index contributed by atoms with van der Waals surface area (Å²) in [6.45, 7) is 6.82. The molecule has 1 saturated heterocycles. The summed E-state index contributed by atoms with van der Waals surface area (Å²) in [5, 5.41) is 4.75. The van der Waals surface area contributed by atoms with Crippen LogP contribution in [-0.4, -0.2) is 44.4 Å². The zero-order valence-corrected chi connectivity index (χ0v) is 16.0. The molecule has 0 bridgehead atoms. The standard InChI is InChI=1S/C20H29N5O/c1-12(2)17-7-6-16(10-25(17)13(3)26)24-20-18-15(8-14-4-5-14)9-21-19(18)22-11-23-20/h9,11-12,14,16-17H,4-8,10H2,1-3H3,(H2,21,22,23,24). The van der Waals surface area contributed by atoms with Crippen LogP contribution >= 0.6 is 0 Å². The maximum absolute atomic E-state index is 12.1. The van der Waals surface area contributed by atoms with Crippen LogP contribution < -0.4 is 5.32 Å². The number of aromatic nitrogens is 3. The Kier molecular flexibility index (Phi) is 4.59. The minimum absolute atomic E-state index is 0.166.